The molecule has 1 aromatic carbocycles. The fraction of sp³-hybridized carbons (Fsp3) is 0.632. The number of hydrogen-bond donors (Lipinski definition) is 1. The average molecular weight is 324 g/mol. The summed E-state index contributed by atoms with van der Waals surface area (Å²) in [5.41, 5.74) is 7.09. The van der Waals surface area contributed by atoms with E-state index in [4.69, 9.17) is 5.73 Å². The Bertz CT molecular complexity index is 440. The number of halogens is 1. The third-order valence-corrected chi connectivity index (χ3v) is 4.96. The van der Waals surface area contributed by atoms with Crippen LogP contribution in [0.5, 0.6) is 0 Å². The van der Waals surface area contributed by atoms with Crippen molar-refractivity contribution < 1.29 is 4.79 Å². The summed E-state index contributed by atoms with van der Waals surface area (Å²) in [6.07, 6.45) is 9.20. The van der Waals surface area contributed by atoms with E-state index in [0.29, 0.717) is 12.2 Å². The van der Waals surface area contributed by atoms with E-state index in [1.54, 1.807) is 0 Å². The van der Waals surface area contributed by atoms with Crippen LogP contribution < -0.4 is 5.73 Å². The van der Waals surface area contributed by atoms with E-state index < -0.39 is 0 Å². The third-order valence-electron chi connectivity index (χ3n) is 4.96. The Morgan fingerprint density at radius 2 is 1.82 bits per heavy atom. The van der Waals surface area contributed by atoms with Crippen LogP contribution in [0.4, 0.5) is 0 Å². The van der Waals surface area contributed by atoms with Crippen molar-refractivity contribution in [2.45, 2.75) is 76.2 Å². The zero-order valence-electron chi connectivity index (χ0n) is 13.7. The second-order valence-corrected chi connectivity index (χ2v) is 6.52. The number of rotatable bonds is 8. The molecule has 0 aromatic heterocycles. The summed E-state index contributed by atoms with van der Waals surface area (Å²) in [6, 6.07) is 10.7. The van der Waals surface area contributed by atoms with Crippen molar-refractivity contribution >= 4 is 18.2 Å². The van der Waals surface area contributed by atoms with Gasteiger partial charge in [-0.2, -0.15) is 0 Å². The Morgan fingerprint density at radius 1 is 1.18 bits per heavy atom. The first kappa shape index (κ1) is 19.2. The summed E-state index contributed by atoms with van der Waals surface area (Å²) in [5, 5.41) is 0. The van der Waals surface area contributed by atoms with Gasteiger partial charge in [0.15, 0.2) is 0 Å². The second-order valence-electron chi connectivity index (χ2n) is 6.52. The first-order valence-corrected chi connectivity index (χ1v) is 8.53. The fourth-order valence-corrected chi connectivity index (χ4v) is 3.74. The minimum Gasteiger partial charge on any atom is -0.328 e. The van der Waals surface area contributed by atoms with Crippen LogP contribution in [0.25, 0.3) is 0 Å². The van der Waals surface area contributed by atoms with Crippen molar-refractivity contribution in [1.82, 2.24) is 0 Å². The zero-order valence-corrected chi connectivity index (χ0v) is 14.5. The van der Waals surface area contributed by atoms with Crippen molar-refractivity contribution in [3.05, 3.63) is 35.9 Å². The van der Waals surface area contributed by atoms with Crippen LogP contribution in [0, 0.1) is 0 Å². The molecule has 2 N–H and O–H groups in total. The highest BCUT2D eigenvalue weighted by Crippen LogP contribution is 2.42. The maximum absolute atomic E-state index is 12.9. The molecule has 1 atom stereocenters. The van der Waals surface area contributed by atoms with Gasteiger partial charge in [0.25, 0.3) is 0 Å². The van der Waals surface area contributed by atoms with Gasteiger partial charge in [-0.15, -0.1) is 12.4 Å². The molecule has 1 aliphatic rings. The Morgan fingerprint density at radius 3 is 2.41 bits per heavy atom. The number of carbonyl (C=O) groups excluding carboxylic acids is 1. The van der Waals surface area contributed by atoms with Gasteiger partial charge in [0.2, 0.25) is 0 Å². The molecular weight excluding hydrogens is 294 g/mol. The van der Waals surface area contributed by atoms with E-state index in [-0.39, 0.29) is 23.9 Å². The zero-order chi connectivity index (χ0) is 15.1. The quantitative estimate of drug-likeness (QED) is 0.747. The largest absolute Gasteiger partial charge is 0.328 e. The van der Waals surface area contributed by atoms with E-state index in [0.717, 1.165) is 38.5 Å². The summed E-state index contributed by atoms with van der Waals surface area (Å²) in [6.45, 7) is 2.16. The summed E-state index contributed by atoms with van der Waals surface area (Å²) in [5.74, 6) is 0.440. The molecule has 1 saturated carbocycles. The topological polar surface area (TPSA) is 43.1 Å². The molecule has 22 heavy (non-hydrogen) atoms. The van der Waals surface area contributed by atoms with Crippen molar-refractivity contribution in [2.75, 3.05) is 0 Å². The van der Waals surface area contributed by atoms with Crippen LogP contribution in [0.3, 0.4) is 0 Å². The number of benzene rings is 1. The van der Waals surface area contributed by atoms with Crippen molar-refractivity contribution in [2.24, 2.45) is 5.73 Å². The average Bonchev–Trinajstić information content (AvgIpc) is 2.99. The molecule has 124 valence electrons. The third kappa shape index (κ3) is 4.57. The van der Waals surface area contributed by atoms with E-state index in [1.807, 2.05) is 6.07 Å². The van der Waals surface area contributed by atoms with Gasteiger partial charge in [0.1, 0.15) is 5.78 Å². The highest BCUT2D eigenvalue weighted by molar-refractivity contribution is 5.90. The minimum atomic E-state index is -0.198. The molecule has 1 aliphatic carbocycles. The lowest BCUT2D eigenvalue weighted by atomic mass is 9.74. The number of carbonyl (C=O) groups is 1. The van der Waals surface area contributed by atoms with Crippen molar-refractivity contribution in [1.29, 1.82) is 0 Å². The molecule has 1 fully saturated rings. The Hall–Kier alpha value is -0.860. The summed E-state index contributed by atoms with van der Waals surface area (Å²) in [4.78, 5) is 12.9. The number of nitrogens with two attached hydrogens (primary N) is 1. The molecule has 1 unspecified atom stereocenters. The molecule has 0 saturated heterocycles. The first-order chi connectivity index (χ1) is 10.2. The van der Waals surface area contributed by atoms with Crippen LogP contribution >= 0.6 is 12.4 Å². The van der Waals surface area contributed by atoms with Gasteiger partial charge in [-0.3, -0.25) is 4.79 Å². The lowest BCUT2D eigenvalue weighted by Crippen LogP contribution is -2.33. The normalized spacial score (nSPS) is 17.7. The highest BCUT2D eigenvalue weighted by atomic mass is 35.5. The number of hydrogen-bond acceptors (Lipinski definition) is 2. The number of Topliss-reactive ketones (excluding diaryl/α,β-unsaturated/α-hetero) is 1. The van der Waals surface area contributed by atoms with Gasteiger partial charge in [0, 0.05) is 12.5 Å². The van der Waals surface area contributed by atoms with Gasteiger partial charge in [-0.25, -0.2) is 0 Å². The monoisotopic (exact) mass is 323 g/mol. The van der Waals surface area contributed by atoms with Gasteiger partial charge in [0.05, 0.1) is 5.41 Å². The predicted molar refractivity (Wildman–Crippen MR) is 95.6 cm³/mol. The maximum atomic E-state index is 12.9. The van der Waals surface area contributed by atoms with Crippen LogP contribution in [0.2, 0.25) is 0 Å². The Kier molecular flexibility index (Phi) is 8.13. The van der Waals surface area contributed by atoms with Gasteiger partial charge in [-0.1, -0.05) is 56.5 Å². The van der Waals surface area contributed by atoms with E-state index in [2.05, 4.69) is 31.2 Å². The van der Waals surface area contributed by atoms with E-state index >= 15 is 0 Å². The molecule has 0 bridgehead atoms. The minimum absolute atomic E-state index is 0. The number of ketones is 1. The van der Waals surface area contributed by atoms with E-state index in [1.165, 1.54) is 18.4 Å². The van der Waals surface area contributed by atoms with Gasteiger partial charge >= 0.3 is 0 Å². The smallest absolute Gasteiger partial charge is 0.143 e. The van der Waals surface area contributed by atoms with Crippen LogP contribution in [-0.4, -0.2) is 11.8 Å². The molecule has 0 amide bonds. The lowest BCUT2D eigenvalue weighted by Gasteiger charge is -2.28. The van der Waals surface area contributed by atoms with Gasteiger partial charge < -0.3 is 5.73 Å². The summed E-state index contributed by atoms with van der Waals surface area (Å²) >= 11 is 0. The maximum Gasteiger partial charge on any atom is 0.143 e. The molecule has 3 heteroatoms. The Balaban J connectivity index is 0.00000242. The molecule has 0 spiro atoms. The molecule has 2 nitrogen and oxygen atoms in total. The molecule has 1 aromatic rings. The first-order valence-electron chi connectivity index (χ1n) is 8.53. The van der Waals surface area contributed by atoms with Crippen LogP contribution in [0.1, 0.15) is 70.3 Å². The van der Waals surface area contributed by atoms with Crippen LogP contribution in [-0.2, 0) is 10.2 Å². The molecular formula is C19H30ClNO. The lowest BCUT2D eigenvalue weighted by molar-refractivity contribution is -0.124. The molecule has 2 rings (SSSR count). The Labute approximate surface area is 141 Å². The summed E-state index contributed by atoms with van der Waals surface area (Å²) < 4.78 is 0. The highest BCUT2D eigenvalue weighted by Gasteiger charge is 2.41. The summed E-state index contributed by atoms with van der Waals surface area (Å²) in [7, 11) is 0. The molecule has 0 aliphatic heterocycles. The molecule has 0 heterocycles. The second kappa shape index (κ2) is 9.32. The standard InChI is InChI=1S/C19H29NO.ClH/c1-2-9-17(20)12-8-13-18(21)19(14-6-7-15-19)16-10-4-3-5-11-16;/h3-5,10-11,17H,2,6-9,12-15,20H2,1H3;1H. The van der Waals surface area contributed by atoms with Gasteiger partial charge in [-0.05, 0) is 37.7 Å². The fourth-order valence-electron chi connectivity index (χ4n) is 3.74. The van der Waals surface area contributed by atoms with Crippen molar-refractivity contribution in [3.63, 3.8) is 0 Å². The molecule has 0 radical (unpaired) electrons. The van der Waals surface area contributed by atoms with E-state index in [9.17, 15) is 4.79 Å². The predicted octanol–water partition coefficient (Wildman–Crippen LogP) is 4.79. The van der Waals surface area contributed by atoms with Crippen molar-refractivity contribution in [3.8, 4) is 0 Å². The van der Waals surface area contributed by atoms with Crippen LogP contribution in [0.15, 0.2) is 30.3 Å². The SMILES string of the molecule is CCCC(N)CCCC(=O)C1(c2ccccc2)CCCC1.Cl.